The lowest BCUT2D eigenvalue weighted by molar-refractivity contribution is -0.0532. The van der Waals surface area contributed by atoms with E-state index in [0.29, 0.717) is 5.39 Å². The van der Waals surface area contributed by atoms with Gasteiger partial charge in [-0.2, -0.15) is 0 Å². The van der Waals surface area contributed by atoms with Gasteiger partial charge in [0, 0.05) is 17.4 Å². The predicted molar refractivity (Wildman–Crippen MR) is 127 cm³/mol. The van der Waals surface area contributed by atoms with Crippen LogP contribution in [0, 0.1) is 19.7 Å². The van der Waals surface area contributed by atoms with Gasteiger partial charge in [-0.1, -0.05) is 13.8 Å². The molecule has 0 radical (unpaired) electrons. The van der Waals surface area contributed by atoms with Crippen LogP contribution in [0.1, 0.15) is 69.9 Å². The third-order valence-corrected chi connectivity index (χ3v) is 9.27. The van der Waals surface area contributed by atoms with Crippen molar-refractivity contribution in [2.24, 2.45) is 0 Å². The minimum Gasteiger partial charge on any atom is -0.388 e. The smallest absolute Gasteiger partial charge is 0.359 e. The molecule has 5 N–H and O–H groups in total. The van der Waals surface area contributed by atoms with E-state index >= 15 is 0 Å². The first kappa shape index (κ1) is 27.9. The molecular weight excluding hydrogens is 482 g/mol. The third-order valence-electron chi connectivity index (χ3n) is 7.05. The lowest BCUT2D eigenvalue weighted by Gasteiger charge is -2.37. The molecule has 0 saturated carbocycles. The van der Waals surface area contributed by atoms with Crippen LogP contribution in [0.3, 0.4) is 0 Å². The van der Waals surface area contributed by atoms with E-state index in [9.17, 15) is 34.0 Å². The summed E-state index contributed by atoms with van der Waals surface area (Å²) in [6.07, 6.45) is -5.15. The summed E-state index contributed by atoms with van der Waals surface area (Å²) in [6, 6.07) is 1.39. The summed E-state index contributed by atoms with van der Waals surface area (Å²) in [6.45, 7) is 9.03. The maximum absolute atomic E-state index is 14.4. The van der Waals surface area contributed by atoms with Crippen molar-refractivity contribution in [1.82, 2.24) is 9.97 Å². The van der Waals surface area contributed by atoms with Crippen LogP contribution in [0.25, 0.3) is 11.0 Å². The fourth-order valence-corrected chi connectivity index (χ4v) is 5.57. The minimum atomic E-state index is -4.49. The molecular formula is C23H34FN2O8P. The van der Waals surface area contributed by atoms with Gasteiger partial charge in [-0.25, -0.2) is 9.37 Å². The number of aromatic amines is 1. The van der Waals surface area contributed by atoms with E-state index in [2.05, 4.69) is 9.97 Å². The molecule has 0 aromatic carbocycles. The molecule has 0 spiro atoms. The van der Waals surface area contributed by atoms with Crippen molar-refractivity contribution < 1.29 is 38.4 Å². The van der Waals surface area contributed by atoms with Crippen molar-refractivity contribution in [3.63, 3.8) is 0 Å². The van der Waals surface area contributed by atoms with Crippen LogP contribution >= 0.6 is 7.60 Å². The van der Waals surface area contributed by atoms with Crippen molar-refractivity contribution in [2.75, 3.05) is 0 Å². The Morgan fingerprint density at radius 1 is 1.23 bits per heavy atom. The number of rotatable bonds is 8. The number of nitrogens with zero attached hydrogens (tertiary/aromatic N) is 1. The van der Waals surface area contributed by atoms with E-state index in [0.717, 1.165) is 0 Å². The van der Waals surface area contributed by atoms with Gasteiger partial charge in [0.2, 0.25) is 0 Å². The van der Waals surface area contributed by atoms with Gasteiger partial charge >= 0.3 is 7.60 Å². The highest BCUT2D eigenvalue weighted by atomic mass is 31.2. The molecule has 7 unspecified atom stereocenters. The number of aromatic nitrogens is 2. The lowest BCUT2D eigenvalue weighted by atomic mass is 9.92. The van der Waals surface area contributed by atoms with Gasteiger partial charge in [0.05, 0.1) is 17.4 Å². The Bertz CT molecular complexity index is 1220. The topological polar surface area (TPSA) is 162 Å². The highest BCUT2D eigenvalue weighted by Crippen LogP contribution is 2.59. The molecule has 2 aromatic rings. The molecule has 3 rings (SSSR count). The monoisotopic (exact) mass is 516 g/mol. The average molecular weight is 517 g/mol. The third kappa shape index (κ3) is 5.09. The quantitative estimate of drug-likeness (QED) is 0.332. The number of aliphatic hydroxyl groups excluding tert-OH is 2. The number of aliphatic hydroxyl groups is 3. The molecule has 196 valence electrons. The van der Waals surface area contributed by atoms with E-state index in [1.54, 1.807) is 27.7 Å². The van der Waals surface area contributed by atoms with Crippen molar-refractivity contribution in [3.05, 3.63) is 39.1 Å². The number of ether oxygens (including phenoxy) is 1. The second kappa shape index (κ2) is 9.63. The molecule has 3 heterocycles. The molecule has 1 aliphatic heterocycles. The first-order valence-electron chi connectivity index (χ1n) is 11.5. The Labute approximate surface area is 202 Å². The number of fused-ring (bicyclic) bond motifs is 1. The van der Waals surface area contributed by atoms with E-state index in [1.807, 2.05) is 0 Å². The highest BCUT2D eigenvalue weighted by Gasteiger charge is 2.50. The predicted octanol–water partition coefficient (Wildman–Crippen LogP) is 2.72. The van der Waals surface area contributed by atoms with Crippen LogP contribution in [-0.4, -0.2) is 59.4 Å². The van der Waals surface area contributed by atoms with E-state index < -0.39 is 54.3 Å². The van der Waals surface area contributed by atoms with Crippen molar-refractivity contribution in [2.45, 2.75) is 96.2 Å². The Balaban J connectivity index is 1.92. The molecule has 10 nitrogen and oxygen atoms in total. The summed E-state index contributed by atoms with van der Waals surface area (Å²) < 4.78 is 38.5. The number of hydrogen-bond acceptors (Lipinski definition) is 8. The fourth-order valence-electron chi connectivity index (χ4n) is 4.17. The van der Waals surface area contributed by atoms with Crippen molar-refractivity contribution in [3.8, 4) is 0 Å². The molecule has 0 amide bonds. The SMILES string of the molecule is CCC(C)(CC1OC(c2cc3c(C)c(F)c(C)nc3[nH]c2=O)C(O)C1O)OP(=O)(O)C(C)(O)CC. The standard InChI is InChI=1S/C23H34FN2O8P/c1-7-22(5,34-35(31,32)23(6,30)8-2)10-15-17(27)18(28)19(33-15)14-9-13-11(3)16(24)12(4)25-20(13)26-21(14)29/h9,15,17-19,27-28,30H,7-8,10H2,1-6H3,(H,31,32)(H,25,26,29). The second-order valence-corrected chi connectivity index (χ2v) is 11.9. The van der Waals surface area contributed by atoms with Crippen LogP contribution in [0.15, 0.2) is 10.9 Å². The summed E-state index contributed by atoms with van der Waals surface area (Å²) in [5.41, 5.74) is -1.34. The molecule has 1 saturated heterocycles. The van der Waals surface area contributed by atoms with Gasteiger partial charge in [0.15, 0.2) is 5.34 Å². The molecule has 0 bridgehead atoms. The summed E-state index contributed by atoms with van der Waals surface area (Å²) in [5.74, 6) is -0.520. The number of pyridine rings is 2. The highest BCUT2D eigenvalue weighted by molar-refractivity contribution is 7.54. The van der Waals surface area contributed by atoms with E-state index in [4.69, 9.17) is 9.26 Å². The normalized spacial score (nSPS) is 28.0. The van der Waals surface area contributed by atoms with Crippen LogP contribution < -0.4 is 5.56 Å². The van der Waals surface area contributed by atoms with Gasteiger partial charge < -0.3 is 34.5 Å². The number of aryl methyl sites for hydroxylation is 2. The van der Waals surface area contributed by atoms with Gasteiger partial charge in [-0.3, -0.25) is 9.36 Å². The Kier molecular flexibility index (Phi) is 7.66. The summed E-state index contributed by atoms with van der Waals surface area (Å²) in [7, 11) is -4.49. The Morgan fingerprint density at radius 3 is 2.43 bits per heavy atom. The molecule has 7 atom stereocenters. The Hall–Kier alpha value is -1.72. The number of nitrogens with one attached hydrogen (secondary N) is 1. The van der Waals surface area contributed by atoms with Crippen LogP contribution in [0.5, 0.6) is 0 Å². The molecule has 35 heavy (non-hydrogen) atoms. The van der Waals surface area contributed by atoms with Gasteiger partial charge in [0.1, 0.15) is 29.8 Å². The zero-order valence-electron chi connectivity index (χ0n) is 20.7. The first-order chi connectivity index (χ1) is 16.1. The van der Waals surface area contributed by atoms with E-state index in [-0.39, 0.29) is 41.7 Å². The number of hydrogen-bond donors (Lipinski definition) is 5. The maximum Gasteiger partial charge on any atom is 0.359 e. The summed E-state index contributed by atoms with van der Waals surface area (Å²) in [5, 5.41) is 30.1. The van der Waals surface area contributed by atoms with Crippen LogP contribution in [-0.2, 0) is 13.8 Å². The van der Waals surface area contributed by atoms with Gasteiger partial charge in [-0.15, -0.1) is 0 Å². The lowest BCUT2D eigenvalue weighted by Crippen LogP contribution is -2.40. The zero-order valence-corrected chi connectivity index (χ0v) is 21.6. The van der Waals surface area contributed by atoms with Gasteiger partial charge in [-0.05, 0) is 52.2 Å². The van der Waals surface area contributed by atoms with Crippen LogP contribution in [0.2, 0.25) is 0 Å². The van der Waals surface area contributed by atoms with Crippen molar-refractivity contribution in [1.29, 1.82) is 0 Å². The van der Waals surface area contributed by atoms with Gasteiger partial charge in [0.25, 0.3) is 5.56 Å². The average Bonchev–Trinajstić information content (AvgIpc) is 3.04. The number of halogens is 1. The minimum absolute atomic E-state index is 0.0134. The molecule has 2 aromatic heterocycles. The van der Waals surface area contributed by atoms with E-state index in [1.165, 1.54) is 19.9 Å². The summed E-state index contributed by atoms with van der Waals surface area (Å²) in [4.78, 5) is 29.8. The molecule has 1 aliphatic rings. The molecule has 1 fully saturated rings. The summed E-state index contributed by atoms with van der Waals surface area (Å²) >= 11 is 0. The van der Waals surface area contributed by atoms with Crippen LogP contribution in [0.4, 0.5) is 4.39 Å². The number of H-pyrrole nitrogens is 1. The first-order valence-corrected chi connectivity index (χ1v) is 13.1. The maximum atomic E-state index is 14.4. The molecule has 12 heteroatoms. The largest absolute Gasteiger partial charge is 0.388 e. The van der Waals surface area contributed by atoms with Crippen molar-refractivity contribution >= 4 is 18.6 Å². The fraction of sp³-hybridized carbons (Fsp3) is 0.652. The molecule has 0 aliphatic carbocycles. The Morgan fingerprint density at radius 2 is 1.86 bits per heavy atom. The second-order valence-electron chi connectivity index (χ2n) is 9.72. The zero-order chi connectivity index (χ0) is 26.5.